The van der Waals surface area contributed by atoms with Gasteiger partial charge in [0.25, 0.3) is 0 Å². The Bertz CT molecular complexity index is 232. The van der Waals surface area contributed by atoms with Crippen LogP contribution in [-0.4, -0.2) is 35.7 Å². The molecule has 0 aromatic carbocycles. The molecular weight excluding hydrogens is 234 g/mol. The molecule has 0 aromatic rings. The standard InChI is InChI=1S/C13H25NO2S/c1-13(2,3)16-8-9-17-10-12(15)14-11-6-4-5-7-11/h11H,4-10H2,1-3H3,(H,14,15). The van der Waals surface area contributed by atoms with Crippen molar-refractivity contribution in [2.75, 3.05) is 18.1 Å². The van der Waals surface area contributed by atoms with Crippen LogP contribution < -0.4 is 5.32 Å². The quantitative estimate of drug-likeness (QED) is 0.745. The molecule has 4 heteroatoms. The number of amides is 1. The topological polar surface area (TPSA) is 38.3 Å². The highest BCUT2D eigenvalue weighted by atomic mass is 32.2. The van der Waals surface area contributed by atoms with Crippen molar-refractivity contribution < 1.29 is 9.53 Å². The first-order valence-corrected chi connectivity index (χ1v) is 7.64. The van der Waals surface area contributed by atoms with Crippen molar-refractivity contribution in [3.8, 4) is 0 Å². The lowest BCUT2D eigenvalue weighted by molar-refractivity contribution is -0.119. The van der Waals surface area contributed by atoms with Crippen LogP contribution in [0.15, 0.2) is 0 Å². The SMILES string of the molecule is CC(C)(C)OCCSCC(=O)NC1CCCC1. The summed E-state index contributed by atoms with van der Waals surface area (Å²) in [5, 5.41) is 3.09. The Hall–Kier alpha value is -0.220. The summed E-state index contributed by atoms with van der Waals surface area (Å²) in [4.78, 5) is 11.6. The fraction of sp³-hybridized carbons (Fsp3) is 0.923. The van der Waals surface area contributed by atoms with Crippen LogP contribution >= 0.6 is 11.8 Å². The second kappa shape index (κ2) is 7.27. The minimum Gasteiger partial charge on any atom is -0.375 e. The van der Waals surface area contributed by atoms with E-state index >= 15 is 0 Å². The number of nitrogens with one attached hydrogen (secondary N) is 1. The Morgan fingerprint density at radius 2 is 2.00 bits per heavy atom. The maximum absolute atomic E-state index is 11.6. The summed E-state index contributed by atoms with van der Waals surface area (Å²) < 4.78 is 5.59. The van der Waals surface area contributed by atoms with E-state index in [1.54, 1.807) is 11.8 Å². The molecule has 1 amide bonds. The lowest BCUT2D eigenvalue weighted by Gasteiger charge is -2.19. The van der Waals surface area contributed by atoms with Gasteiger partial charge in [-0.25, -0.2) is 0 Å². The van der Waals surface area contributed by atoms with Gasteiger partial charge in [0.15, 0.2) is 0 Å². The van der Waals surface area contributed by atoms with Crippen LogP contribution in [0.25, 0.3) is 0 Å². The van der Waals surface area contributed by atoms with Crippen LogP contribution in [0.1, 0.15) is 46.5 Å². The number of carbonyl (C=O) groups excluding carboxylic acids is 1. The van der Waals surface area contributed by atoms with E-state index in [2.05, 4.69) is 5.32 Å². The average Bonchev–Trinajstić information content (AvgIpc) is 2.68. The molecule has 3 nitrogen and oxygen atoms in total. The molecule has 0 atom stereocenters. The minimum absolute atomic E-state index is 0.0767. The van der Waals surface area contributed by atoms with Gasteiger partial charge in [0, 0.05) is 11.8 Å². The number of carbonyl (C=O) groups is 1. The lowest BCUT2D eigenvalue weighted by atomic mass is 10.2. The average molecular weight is 259 g/mol. The molecule has 0 unspecified atom stereocenters. The van der Waals surface area contributed by atoms with Crippen LogP contribution in [0.5, 0.6) is 0 Å². The van der Waals surface area contributed by atoms with Crippen LogP contribution in [-0.2, 0) is 9.53 Å². The van der Waals surface area contributed by atoms with Crippen molar-refractivity contribution in [2.45, 2.75) is 58.1 Å². The summed E-state index contributed by atoms with van der Waals surface area (Å²) >= 11 is 1.65. The molecule has 1 saturated carbocycles. The smallest absolute Gasteiger partial charge is 0.230 e. The maximum Gasteiger partial charge on any atom is 0.230 e. The van der Waals surface area contributed by atoms with Crippen molar-refractivity contribution in [1.82, 2.24) is 5.32 Å². The fourth-order valence-corrected chi connectivity index (χ4v) is 2.53. The Labute approximate surface area is 109 Å². The fourth-order valence-electron chi connectivity index (χ4n) is 1.91. The molecule has 1 rings (SSSR count). The largest absolute Gasteiger partial charge is 0.375 e. The van der Waals surface area contributed by atoms with Crippen LogP contribution in [0.2, 0.25) is 0 Å². The van der Waals surface area contributed by atoms with E-state index in [-0.39, 0.29) is 11.5 Å². The highest BCUT2D eigenvalue weighted by molar-refractivity contribution is 7.99. The third-order valence-corrected chi connectivity index (χ3v) is 3.64. The van der Waals surface area contributed by atoms with Gasteiger partial charge in [0.2, 0.25) is 5.91 Å². The molecule has 0 heterocycles. The molecule has 0 spiro atoms. The predicted molar refractivity (Wildman–Crippen MR) is 73.4 cm³/mol. The zero-order valence-electron chi connectivity index (χ0n) is 11.3. The van der Waals surface area contributed by atoms with E-state index in [1.165, 1.54) is 12.8 Å². The summed E-state index contributed by atoms with van der Waals surface area (Å²) in [7, 11) is 0. The van der Waals surface area contributed by atoms with Gasteiger partial charge in [-0.3, -0.25) is 4.79 Å². The number of hydrogen-bond acceptors (Lipinski definition) is 3. The van der Waals surface area contributed by atoms with Gasteiger partial charge >= 0.3 is 0 Å². The molecule has 1 aliphatic rings. The Kier molecular flexibility index (Phi) is 6.34. The van der Waals surface area contributed by atoms with Crippen LogP contribution in [0.4, 0.5) is 0 Å². The van der Waals surface area contributed by atoms with Gasteiger partial charge < -0.3 is 10.1 Å². The lowest BCUT2D eigenvalue weighted by Crippen LogP contribution is -2.34. The molecule has 17 heavy (non-hydrogen) atoms. The monoisotopic (exact) mass is 259 g/mol. The first-order chi connectivity index (χ1) is 7.97. The van der Waals surface area contributed by atoms with Gasteiger partial charge in [-0.05, 0) is 33.6 Å². The van der Waals surface area contributed by atoms with E-state index in [1.807, 2.05) is 20.8 Å². The van der Waals surface area contributed by atoms with Crippen molar-refractivity contribution >= 4 is 17.7 Å². The minimum atomic E-state index is -0.0767. The first-order valence-electron chi connectivity index (χ1n) is 6.48. The number of thioether (sulfide) groups is 1. The highest BCUT2D eigenvalue weighted by Crippen LogP contribution is 2.17. The molecule has 0 bridgehead atoms. The Morgan fingerprint density at radius 3 is 2.59 bits per heavy atom. The van der Waals surface area contributed by atoms with E-state index in [4.69, 9.17) is 4.74 Å². The molecule has 0 radical (unpaired) electrons. The predicted octanol–water partition coefficient (Wildman–Crippen LogP) is 2.59. The summed E-state index contributed by atoms with van der Waals surface area (Å²) in [5.41, 5.74) is -0.0767. The van der Waals surface area contributed by atoms with E-state index in [0.717, 1.165) is 18.6 Å². The molecule has 0 aliphatic heterocycles. The molecule has 100 valence electrons. The third-order valence-electron chi connectivity index (χ3n) is 2.72. The molecular formula is C13H25NO2S. The molecule has 0 aromatic heterocycles. The second-order valence-electron chi connectivity index (χ2n) is 5.56. The van der Waals surface area contributed by atoms with Crippen molar-refractivity contribution in [1.29, 1.82) is 0 Å². The Balaban J connectivity index is 1.96. The van der Waals surface area contributed by atoms with Gasteiger partial charge in [-0.1, -0.05) is 12.8 Å². The van der Waals surface area contributed by atoms with Crippen molar-refractivity contribution in [3.05, 3.63) is 0 Å². The molecule has 1 N–H and O–H groups in total. The number of rotatable bonds is 6. The van der Waals surface area contributed by atoms with E-state index in [0.29, 0.717) is 18.4 Å². The van der Waals surface area contributed by atoms with E-state index in [9.17, 15) is 4.79 Å². The number of ether oxygens (including phenoxy) is 1. The maximum atomic E-state index is 11.6. The normalized spacial score (nSPS) is 17.4. The van der Waals surface area contributed by atoms with Crippen LogP contribution in [0, 0.1) is 0 Å². The van der Waals surface area contributed by atoms with Crippen LogP contribution in [0.3, 0.4) is 0 Å². The number of hydrogen-bond donors (Lipinski definition) is 1. The molecule has 1 fully saturated rings. The highest BCUT2D eigenvalue weighted by Gasteiger charge is 2.16. The molecule has 1 aliphatic carbocycles. The van der Waals surface area contributed by atoms with Gasteiger partial charge in [0.1, 0.15) is 0 Å². The summed E-state index contributed by atoms with van der Waals surface area (Å²) in [6.45, 7) is 6.85. The van der Waals surface area contributed by atoms with E-state index < -0.39 is 0 Å². The zero-order chi connectivity index (χ0) is 12.7. The van der Waals surface area contributed by atoms with Gasteiger partial charge in [-0.2, -0.15) is 0 Å². The summed E-state index contributed by atoms with van der Waals surface area (Å²) in [5.74, 6) is 1.62. The molecule has 0 saturated heterocycles. The van der Waals surface area contributed by atoms with Crippen molar-refractivity contribution in [3.63, 3.8) is 0 Å². The first kappa shape index (κ1) is 14.8. The zero-order valence-corrected chi connectivity index (χ0v) is 12.1. The van der Waals surface area contributed by atoms with Gasteiger partial charge in [-0.15, -0.1) is 11.8 Å². The second-order valence-corrected chi connectivity index (χ2v) is 6.67. The summed E-state index contributed by atoms with van der Waals surface area (Å²) in [6, 6.07) is 0.439. The summed E-state index contributed by atoms with van der Waals surface area (Å²) in [6.07, 6.45) is 4.84. The third kappa shape index (κ3) is 7.66. The van der Waals surface area contributed by atoms with Gasteiger partial charge in [0.05, 0.1) is 18.0 Å². The Morgan fingerprint density at radius 1 is 1.35 bits per heavy atom. The van der Waals surface area contributed by atoms with Crippen molar-refractivity contribution in [2.24, 2.45) is 0 Å².